The van der Waals surface area contributed by atoms with Crippen molar-refractivity contribution < 1.29 is 0 Å². The normalized spacial score (nSPS) is 15.5. The minimum atomic E-state index is 0.903. The molecule has 0 aliphatic carbocycles. The van der Waals surface area contributed by atoms with Crippen LogP contribution in [-0.4, -0.2) is 23.1 Å². The van der Waals surface area contributed by atoms with Crippen LogP contribution in [0, 0.1) is 6.92 Å². The molecule has 4 heteroatoms. The third-order valence-electron chi connectivity index (χ3n) is 4.75. The molecular formula is C20H21ClN2S. The Morgan fingerprint density at radius 2 is 2.21 bits per heavy atom. The van der Waals surface area contributed by atoms with Crippen LogP contribution in [-0.2, 0) is 19.5 Å². The van der Waals surface area contributed by atoms with E-state index in [4.69, 9.17) is 11.6 Å². The molecule has 0 spiro atoms. The van der Waals surface area contributed by atoms with Crippen LogP contribution in [0.15, 0.2) is 35.7 Å². The molecule has 0 unspecified atom stereocenters. The molecule has 2 aromatic heterocycles. The van der Waals surface area contributed by atoms with Crippen LogP contribution in [0.4, 0.5) is 0 Å². The fourth-order valence-corrected chi connectivity index (χ4v) is 4.98. The molecule has 0 radical (unpaired) electrons. The van der Waals surface area contributed by atoms with Crippen molar-refractivity contribution in [1.82, 2.24) is 9.47 Å². The predicted molar refractivity (Wildman–Crippen MR) is 105 cm³/mol. The standard InChI is InChI=1S/C20H21ClN2S/c1-14-5-3-6-15(11-14)7-4-9-23-18-8-10-22(2)12-16(18)19-17(21)13-24-20(19)23/h3-7,11,13H,8-10,12H2,1-2H3/b7-4+. The summed E-state index contributed by atoms with van der Waals surface area (Å²) in [6.07, 6.45) is 5.58. The van der Waals surface area contributed by atoms with Gasteiger partial charge in [-0.15, -0.1) is 11.3 Å². The number of likely N-dealkylation sites (N-methyl/N-ethyl adjacent to an activating group) is 1. The molecule has 0 bridgehead atoms. The average molecular weight is 357 g/mol. The molecule has 0 N–H and O–H groups in total. The molecule has 0 amide bonds. The Kier molecular flexibility index (Phi) is 4.25. The molecule has 4 rings (SSSR count). The van der Waals surface area contributed by atoms with Crippen molar-refractivity contribution in [2.24, 2.45) is 0 Å². The van der Waals surface area contributed by atoms with E-state index >= 15 is 0 Å². The van der Waals surface area contributed by atoms with E-state index < -0.39 is 0 Å². The predicted octanol–water partition coefficient (Wildman–Crippen LogP) is 5.37. The largest absolute Gasteiger partial charge is 0.332 e. The third-order valence-corrected chi connectivity index (χ3v) is 6.18. The fraction of sp³-hybridized carbons (Fsp3) is 0.300. The number of fused-ring (bicyclic) bond motifs is 3. The van der Waals surface area contributed by atoms with E-state index in [0.29, 0.717) is 0 Å². The number of aryl methyl sites for hydroxylation is 1. The first-order valence-corrected chi connectivity index (χ1v) is 9.58. The number of hydrogen-bond donors (Lipinski definition) is 0. The van der Waals surface area contributed by atoms with Crippen LogP contribution in [0.1, 0.15) is 22.4 Å². The number of rotatable bonds is 3. The topological polar surface area (TPSA) is 8.17 Å². The lowest BCUT2D eigenvalue weighted by atomic mass is 10.1. The second kappa shape index (κ2) is 6.40. The van der Waals surface area contributed by atoms with Crippen LogP contribution < -0.4 is 0 Å². The van der Waals surface area contributed by atoms with E-state index in [1.165, 1.54) is 32.6 Å². The van der Waals surface area contributed by atoms with E-state index in [-0.39, 0.29) is 0 Å². The number of aromatic nitrogens is 1. The van der Waals surface area contributed by atoms with Gasteiger partial charge in [0.1, 0.15) is 4.83 Å². The van der Waals surface area contributed by atoms with Crippen LogP contribution in [0.25, 0.3) is 16.3 Å². The maximum absolute atomic E-state index is 6.48. The summed E-state index contributed by atoms with van der Waals surface area (Å²) in [7, 11) is 2.18. The second-order valence-electron chi connectivity index (χ2n) is 6.60. The van der Waals surface area contributed by atoms with Crippen LogP contribution in [0.2, 0.25) is 5.02 Å². The molecule has 1 aliphatic rings. The summed E-state index contributed by atoms with van der Waals surface area (Å²) in [4.78, 5) is 3.69. The summed E-state index contributed by atoms with van der Waals surface area (Å²) in [6.45, 7) is 5.15. The number of halogens is 1. The van der Waals surface area contributed by atoms with Gasteiger partial charge in [-0.2, -0.15) is 0 Å². The van der Waals surface area contributed by atoms with Crippen molar-refractivity contribution in [2.75, 3.05) is 13.6 Å². The summed E-state index contributed by atoms with van der Waals surface area (Å²) in [5.41, 5.74) is 5.45. The van der Waals surface area contributed by atoms with E-state index in [0.717, 1.165) is 31.1 Å². The van der Waals surface area contributed by atoms with Gasteiger partial charge in [0.05, 0.1) is 5.02 Å². The monoisotopic (exact) mass is 356 g/mol. The van der Waals surface area contributed by atoms with E-state index in [2.05, 4.69) is 65.2 Å². The maximum atomic E-state index is 6.48. The van der Waals surface area contributed by atoms with Crippen molar-refractivity contribution in [1.29, 1.82) is 0 Å². The Labute approximate surface area is 152 Å². The summed E-state index contributed by atoms with van der Waals surface area (Å²) in [6, 6.07) is 8.61. The second-order valence-corrected chi connectivity index (χ2v) is 7.87. The van der Waals surface area contributed by atoms with Gasteiger partial charge in [0, 0.05) is 42.5 Å². The average Bonchev–Trinajstić information content (AvgIpc) is 3.07. The minimum Gasteiger partial charge on any atom is -0.332 e. The number of allylic oxidation sites excluding steroid dienone is 1. The maximum Gasteiger partial charge on any atom is 0.105 e. The van der Waals surface area contributed by atoms with E-state index in [1.54, 1.807) is 11.3 Å². The number of hydrogen-bond acceptors (Lipinski definition) is 2. The summed E-state index contributed by atoms with van der Waals surface area (Å²) >= 11 is 8.24. The van der Waals surface area contributed by atoms with Gasteiger partial charge >= 0.3 is 0 Å². The zero-order valence-electron chi connectivity index (χ0n) is 14.1. The van der Waals surface area contributed by atoms with Crippen molar-refractivity contribution in [3.63, 3.8) is 0 Å². The molecule has 0 saturated heterocycles. The Morgan fingerprint density at radius 3 is 3.04 bits per heavy atom. The Balaban J connectivity index is 1.69. The van der Waals surface area contributed by atoms with Gasteiger partial charge in [0.25, 0.3) is 0 Å². The van der Waals surface area contributed by atoms with Gasteiger partial charge in [0.2, 0.25) is 0 Å². The first-order chi connectivity index (χ1) is 11.6. The van der Waals surface area contributed by atoms with Crippen molar-refractivity contribution in [2.45, 2.75) is 26.4 Å². The fourth-order valence-electron chi connectivity index (χ4n) is 3.59. The highest BCUT2D eigenvalue weighted by Gasteiger charge is 2.24. The van der Waals surface area contributed by atoms with Crippen molar-refractivity contribution >= 4 is 39.2 Å². The molecule has 0 fully saturated rings. The summed E-state index contributed by atoms with van der Waals surface area (Å²) in [5.74, 6) is 0. The quantitative estimate of drug-likeness (QED) is 0.612. The molecule has 2 nitrogen and oxygen atoms in total. The highest BCUT2D eigenvalue weighted by Crippen LogP contribution is 2.39. The Bertz CT molecular complexity index is 919. The van der Waals surface area contributed by atoms with Crippen molar-refractivity contribution in [3.05, 3.63) is 63.1 Å². The first-order valence-electron chi connectivity index (χ1n) is 8.32. The molecule has 1 aromatic carbocycles. The highest BCUT2D eigenvalue weighted by molar-refractivity contribution is 7.17. The number of nitrogens with zero attached hydrogens (tertiary/aromatic N) is 2. The van der Waals surface area contributed by atoms with Gasteiger partial charge in [-0.05, 0) is 25.1 Å². The summed E-state index contributed by atoms with van der Waals surface area (Å²) < 4.78 is 2.46. The van der Waals surface area contributed by atoms with Gasteiger partial charge in [-0.25, -0.2) is 0 Å². The molecule has 124 valence electrons. The zero-order chi connectivity index (χ0) is 16.7. The smallest absolute Gasteiger partial charge is 0.105 e. The van der Waals surface area contributed by atoms with E-state index in [9.17, 15) is 0 Å². The molecular weight excluding hydrogens is 336 g/mol. The summed E-state index contributed by atoms with van der Waals surface area (Å²) in [5, 5.41) is 4.25. The first kappa shape index (κ1) is 15.9. The molecule has 0 atom stereocenters. The third kappa shape index (κ3) is 2.81. The molecule has 3 heterocycles. The number of benzene rings is 1. The van der Waals surface area contributed by atoms with Crippen LogP contribution in [0.3, 0.4) is 0 Å². The molecule has 24 heavy (non-hydrogen) atoms. The van der Waals surface area contributed by atoms with Crippen LogP contribution >= 0.6 is 22.9 Å². The lowest BCUT2D eigenvalue weighted by molar-refractivity contribution is 0.310. The molecule has 3 aromatic rings. The van der Waals surface area contributed by atoms with Gasteiger partial charge < -0.3 is 9.47 Å². The van der Waals surface area contributed by atoms with Crippen molar-refractivity contribution in [3.8, 4) is 0 Å². The zero-order valence-corrected chi connectivity index (χ0v) is 15.6. The van der Waals surface area contributed by atoms with E-state index in [1.807, 2.05) is 0 Å². The lowest BCUT2D eigenvalue weighted by Gasteiger charge is -2.24. The number of thiophene rings is 1. The lowest BCUT2D eigenvalue weighted by Crippen LogP contribution is -2.27. The van der Waals surface area contributed by atoms with Gasteiger partial charge in [0.15, 0.2) is 0 Å². The Morgan fingerprint density at radius 1 is 1.33 bits per heavy atom. The molecule has 0 saturated carbocycles. The van der Waals surface area contributed by atoms with Gasteiger partial charge in [-0.3, -0.25) is 0 Å². The highest BCUT2D eigenvalue weighted by atomic mass is 35.5. The molecule has 1 aliphatic heterocycles. The minimum absolute atomic E-state index is 0.903. The van der Waals surface area contributed by atoms with Crippen LogP contribution in [0.5, 0.6) is 0 Å². The van der Waals surface area contributed by atoms with Gasteiger partial charge in [-0.1, -0.05) is 53.6 Å². The SMILES string of the molecule is Cc1cccc(/C=C/Cn2c3c(c4c(Cl)csc42)CN(C)CC3)c1. The Hall–Kier alpha value is -1.55.